The lowest BCUT2D eigenvalue weighted by molar-refractivity contribution is -0.115. The van der Waals surface area contributed by atoms with Crippen LogP contribution in [0, 0.1) is 0 Å². The van der Waals surface area contributed by atoms with Crippen LogP contribution in [0.4, 0.5) is 10.8 Å². The summed E-state index contributed by atoms with van der Waals surface area (Å²) in [5.41, 5.74) is 3.26. The molecular weight excluding hydrogens is 392 g/mol. The third kappa shape index (κ3) is 3.86. The van der Waals surface area contributed by atoms with E-state index >= 15 is 0 Å². The van der Waals surface area contributed by atoms with Gasteiger partial charge in [-0.05, 0) is 43.4 Å². The van der Waals surface area contributed by atoms with Gasteiger partial charge in [0.1, 0.15) is 6.61 Å². The molecule has 0 N–H and O–H groups in total. The molecule has 144 valence electrons. The molecule has 0 aliphatic heterocycles. The lowest BCUT2D eigenvalue weighted by atomic mass is 9.96. The molecule has 5 nitrogen and oxygen atoms in total. The summed E-state index contributed by atoms with van der Waals surface area (Å²) in [6, 6.07) is 9.38. The molecule has 2 aromatic heterocycles. The fraction of sp³-hybridized carbons (Fsp3) is 0.286. The molecule has 0 fully saturated rings. The summed E-state index contributed by atoms with van der Waals surface area (Å²) >= 11 is 3.01. The monoisotopic (exact) mass is 412 g/mol. The van der Waals surface area contributed by atoms with Crippen molar-refractivity contribution in [2.24, 2.45) is 0 Å². The predicted molar refractivity (Wildman–Crippen MR) is 111 cm³/mol. The molecule has 28 heavy (non-hydrogen) atoms. The number of benzene rings is 1. The molecule has 1 aromatic carbocycles. The Hall–Kier alpha value is -2.51. The summed E-state index contributed by atoms with van der Waals surface area (Å²) < 4.78 is 5.51. The Morgan fingerprint density at radius 3 is 2.68 bits per heavy atom. The van der Waals surface area contributed by atoms with Gasteiger partial charge in [0.15, 0.2) is 5.13 Å². The predicted octanol–water partition coefficient (Wildman–Crippen LogP) is 5.13. The maximum absolute atomic E-state index is 12.5. The first-order valence-corrected chi connectivity index (χ1v) is 11.0. The summed E-state index contributed by atoms with van der Waals surface area (Å²) in [7, 11) is 0. The smallest absolute Gasteiger partial charge is 0.339 e. The van der Waals surface area contributed by atoms with Crippen LogP contribution in [0.25, 0.3) is 0 Å². The van der Waals surface area contributed by atoms with Gasteiger partial charge in [-0.25, -0.2) is 9.78 Å². The number of nitrogens with zero attached hydrogens (tertiary/aromatic N) is 2. The van der Waals surface area contributed by atoms with Crippen molar-refractivity contribution < 1.29 is 14.3 Å². The topological polar surface area (TPSA) is 59.5 Å². The van der Waals surface area contributed by atoms with Gasteiger partial charge in [0.05, 0.1) is 16.9 Å². The number of hydrogen-bond donors (Lipinski definition) is 0. The number of amides is 1. The summed E-state index contributed by atoms with van der Waals surface area (Å²) in [6.45, 7) is 1.61. The molecule has 0 radical (unpaired) electrons. The molecule has 0 saturated carbocycles. The SMILES string of the molecule is CC(=O)N(c1ccccc1)c1nc(COC(=O)c2csc3c2CCCC3)cs1. The zero-order valence-electron chi connectivity index (χ0n) is 15.5. The number of esters is 1. The highest BCUT2D eigenvalue weighted by atomic mass is 32.1. The molecule has 0 unspecified atom stereocenters. The third-order valence-corrected chi connectivity index (χ3v) is 6.66. The van der Waals surface area contributed by atoms with Gasteiger partial charge in [-0.3, -0.25) is 9.69 Å². The number of para-hydroxylation sites is 1. The molecule has 4 rings (SSSR count). The summed E-state index contributed by atoms with van der Waals surface area (Å²) in [5.74, 6) is -0.408. The molecule has 0 spiro atoms. The van der Waals surface area contributed by atoms with E-state index in [1.54, 1.807) is 16.2 Å². The molecule has 1 aliphatic carbocycles. The van der Waals surface area contributed by atoms with E-state index in [-0.39, 0.29) is 18.5 Å². The van der Waals surface area contributed by atoms with Gasteiger partial charge >= 0.3 is 5.97 Å². The zero-order chi connectivity index (χ0) is 19.5. The number of thiazole rings is 1. The quantitative estimate of drug-likeness (QED) is 0.546. The number of carbonyl (C=O) groups excluding carboxylic acids is 2. The summed E-state index contributed by atoms with van der Waals surface area (Å²) in [5, 5.41) is 4.31. The Morgan fingerprint density at radius 2 is 1.89 bits per heavy atom. The Kier molecular flexibility index (Phi) is 5.54. The number of hydrogen-bond acceptors (Lipinski definition) is 6. The van der Waals surface area contributed by atoms with Crippen molar-refractivity contribution in [3.8, 4) is 0 Å². The van der Waals surface area contributed by atoms with E-state index in [2.05, 4.69) is 4.98 Å². The molecule has 3 aromatic rings. The number of aromatic nitrogens is 1. The van der Waals surface area contributed by atoms with Crippen LogP contribution in [0.5, 0.6) is 0 Å². The van der Waals surface area contributed by atoms with Crippen LogP contribution in [0.2, 0.25) is 0 Å². The molecule has 2 heterocycles. The highest BCUT2D eigenvalue weighted by Gasteiger charge is 2.22. The van der Waals surface area contributed by atoms with Gasteiger partial charge in [0.25, 0.3) is 0 Å². The van der Waals surface area contributed by atoms with E-state index in [0.29, 0.717) is 16.4 Å². The van der Waals surface area contributed by atoms with E-state index in [1.165, 1.54) is 29.6 Å². The first-order valence-electron chi connectivity index (χ1n) is 9.20. The summed E-state index contributed by atoms with van der Waals surface area (Å²) in [4.78, 5) is 32.0. The van der Waals surface area contributed by atoms with Gasteiger partial charge in [-0.15, -0.1) is 22.7 Å². The second kappa shape index (κ2) is 8.24. The first kappa shape index (κ1) is 18.8. The van der Waals surface area contributed by atoms with E-state index in [4.69, 9.17) is 4.74 Å². The average Bonchev–Trinajstić information content (AvgIpc) is 3.34. The number of rotatable bonds is 5. The minimum atomic E-state index is -0.291. The number of ether oxygens (including phenoxy) is 1. The van der Waals surface area contributed by atoms with Gasteiger partial charge < -0.3 is 4.74 Å². The molecule has 1 amide bonds. The molecule has 0 bridgehead atoms. The normalized spacial score (nSPS) is 13.0. The maximum Gasteiger partial charge on any atom is 0.339 e. The minimum absolute atomic E-state index is 0.0977. The van der Waals surface area contributed by atoms with Crippen LogP contribution in [0.1, 0.15) is 46.3 Å². The standard InChI is InChI=1S/C21H20N2O3S2/c1-14(24)23(16-7-3-2-4-8-16)21-22-15(12-28-21)11-26-20(25)18-13-27-19-10-6-5-9-17(18)19/h2-4,7-8,12-13H,5-6,9-11H2,1H3. The van der Waals surface area contributed by atoms with E-state index in [9.17, 15) is 9.59 Å². The number of carbonyl (C=O) groups is 2. The van der Waals surface area contributed by atoms with Crippen LogP contribution >= 0.6 is 22.7 Å². The number of fused-ring (bicyclic) bond motifs is 1. The Morgan fingerprint density at radius 1 is 1.11 bits per heavy atom. The van der Waals surface area contributed by atoms with Crippen molar-refractivity contribution in [1.29, 1.82) is 0 Å². The van der Waals surface area contributed by atoms with Crippen LogP contribution in [0.3, 0.4) is 0 Å². The highest BCUT2D eigenvalue weighted by molar-refractivity contribution is 7.14. The molecule has 1 aliphatic rings. The van der Waals surface area contributed by atoms with E-state index in [0.717, 1.165) is 30.5 Å². The van der Waals surface area contributed by atoms with Crippen molar-refractivity contribution in [2.75, 3.05) is 4.90 Å². The number of anilines is 2. The Bertz CT molecular complexity index is 994. The van der Waals surface area contributed by atoms with Gasteiger partial charge in [0.2, 0.25) is 5.91 Å². The van der Waals surface area contributed by atoms with Crippen molar-refractivity contribution in [1.82, 2.24) is 4.98 Å². The first-order chi connectivity index (χ1) is 13.6. The Balaban J connectivity index is 1.45. The zero-order valence-corrected chi connectivity index (χ0v) is 17.1. The van der Waals surface area contributed by atoms with Crippen LogP contribution in [-0.4, -0.2) is 16.9 Å². The molecule has 0 saturated heterocycles. The third-order valence-electron chi connectivity index (χ3n) is 4.69. The van der Waals surface area contributed by atoms with Crippen molar-refractivity contribution in [3.63, 3.8) is 0 Å². The second-order valence-corrected chi connectivity index (χ2v) is 8.45. The van der Waals surface area contributed by atoms with Crippen molar-refractivity contribution >= 4 is 45.4 Å². The van der Waals surface area contributed by atoms with Gasteiger partial charge in [-0.2, -0.15) is 0 Å². The van der Waals surface area contributed by atoms with Crippen molar-refractivity contribution in [3.05, 3.63) is 62.8 Å². The van der Waals surface area contributed by atoms with Gasteiger partial charge in [0, 0.05) is 22.6 Å². The number of thiophene rings is 1. The van der Waals surface area contributed by atoms with Crippen LogP contribution < -0.4 is 4.90 Å². The average molecular weight is 413 g/mol. The Labute approximate surface area is 171 Å². The largest absolute Gasteiger partial charge is 0.456 e. The van der Waals surface area contributed by atoms with Gasteiger partial charge in [-0.1, -0.05) is 18.2 Å². The van der Waals surface area contributed by atoms with Crippen LogP contribution in [-0.2, 0) is 29.0 Å². The minimum Gasteiger partial charge on any atom is -0.456 e. The fourth-order valence-corrected chi connectivity index (χ4v) is 5.34. The molecule has 7 heteroatoms. The summed E-state index contributed by atoms with van der Waals surface area (Å²) in [6.07, 6.45) is 4.33. The lowest BCUT2D eigenvalue weighted by Gasteiger charge is -2.17. The van der Waals surface area contributed by atoms with Crippen LogP contribution in [0.15, 0.2) is 41.1 Å². The maximum atomic E-state index is 12.5. The molecular formula is C21H20N2O3S2. The fourth-order valence-electron chi connectivity index (χ4n) is 3.35. The second-order valence-electron chi connectivity index (χ2n) is 6.65. The number of aryl methyl sites for hydroxylation is 1. The van der Waals surface area contributed by atoms with Crippen molar-refractivity contribution in [2.45, 2.75) is 39.2 Å². The van der Waals surface area contributed by atoms with E-state index in [1.807, 2.05) is 41.1 Å². The lowest BCUT2D eigenvalue weighted by Crippen LogP contribution is -2.22. The highest BCUT2D eigenvalue weighted by Crippen LogP contribution is 2.31. The van der Waals surface area contributed by atoms with E-state index < -0.39 is 0 Å². The molecule has 0 atom stereocenters.